The maximum absolute atomic E-state index is 12.7. The van der Waals surface area contributed by atoms with E-state index >= 15 is 0 Å². The van der Waals surface area contributed by atoms with Crippen LogP contribution in [0.5, 0.6) is 0 Å². The van der Waals surface area contributed by atoms with Gasteiger partial charge < -0.3 is 5.32 Å². The van der Waals surface area contributed by atoms with Crippen molar-refractivity contribution in [3.63, 3.8) is 0 Å². The number of benzene rings is 1. The van der Waals surface area contributed by atoms with Crippen molar-refractivity contribution in [2.24, 2.45) is 0 Å². The third-order valence-electron chi connectivity index (χ3n) is 3.49. The molecule has 0 aliphatic rings. The molecule has 0 saturated carbocycles. The van der Waals surface area contributed by atoms with E-state index in [4.69, 9.17) is 0 Å². The molecule has 1 heterocycles. The van der Waals surface area contributed by atoms with E-state index in [-0.39, 0.29) is 16.2 Å². The first-order valence-electron chi connectivity index (χ1n) is 7.83. The molecule has 24 heavy (non-hydrogen) atoms. The Balaban J connectivity index is 2.15. The highest BCUT2D eigenvalue weighted by Crippen LogP contribution is 2.25. The van der Waals surface area contributed by atoms with Gasteiger partial charge in [0, 0.05) is 17.8 Å². The second-order valence-corrected chi connectivity index (χ2v) is 8.61. The van der Waals surface area contributed by atoms with Gasteiger partial charge in [-0.1, -0.05) is 43.7 Å². The summed E-state index contributed by atoms with van der Waals surface area (Å²) in [6.45, 7) is 3.80. The number of hydrogen-bond acceptors (Lipinski definition) is 4. The Morgan fingerprint density at radius 2 is 1.88 bits per heavy atom. The number of amides is 1. The second kappa shape index (κ2) is 8.41. The molecule has 1 aromatic heterocycles. The predicted molar refractivity (Wildman–Crippen MR) is 96.3 cm³/mol. The summed E-state index contributed by atoms with van der Waals surface area (Å²) in [5.74, 6) is -0.141. The van der Waals surface area contributed by atoms with Crippen molar-refractivity contribution in [1.29, 1.82) is 0 Å². The van der Waals surface area contributed by atoms with Crippen LogP contribution in [0.4, 0.5) is 0 Å². The molecule has 0 radical (unpaired) electrons. The molecule has 0 aliphatic heterocycles. The molecule has 2 rings (SSSR count). The summed E-state index contributed by atoms with van der Waals surface area (Å²) in [5.41, 5.74) is 0.956. The minimum absolute atomic E-state index is 0.141. The Bertz CT molecular complexity index is 770. The zero-order chi connectivity index (χ0) is 17.6. The summed E-state index contributed by atoms with van der Waals surface area (Å²) in [6.07, 6.45) is 1.60. The molecule has 1 amide bonds. The Morgan fingerprint density at radius 1 is 1.17 bits per heavy atom. The van der Waals surface area contributed by atoms with Crippen molar-refractivity contribution < 1.29 is 13.2 Å². The molecule has 2 N–H and O–H groups in total. The third kappa shape index (κ3) is 5.15. The lowest BCUT2D eigenvalue weighted by Crippen LogP contribution is -2.28. The smallest absolute Gasteiger partial charge is 0.250 e. The minimum Gasteiger partial charge on any atom is -0.351 e. The van der Waals surface area contributed by atoms with Crippen molar-refractivity contribution in [3.05, 3.63) is 52.9 Å². The number of thiophene rings is 1. The highest BCUT2D eigenvalue weighted by Gasteiger charge is 2.22. The van der Waals surface area contributed by atoms with Gasteiger partial charge in [-0.25, -0.2) is 13.1 Å². The highest BCUT2D eigenvalue weighted by atomic mass is 32.2. The Kier molecular flexibility index (Phi) is 6.53. The normalized spacial score (nSPS) is 12.8. The summed E-state index contributed by atoms with van der Waals surface area (Å²) in [6, 6.07) is 12.6. The van der Waals surface area contributed by atoms with E-state index in [0.29, 0.717) is 6.54 Å². The van der Waals surface area contributed by atoms with Crippen LogP contribution in [-0.2, 0) is 21.4 Å². The van der Waals surface area contributed by atoms with Crippen LogP contribution < -0.4 is 10.0 Å². The number of hydrogen-bond donors (Lipinski definition) is 2. The maximum atomic E-state index is 12.7. The monoisotopic (exact) mass is 366 g/mol. The van der Waals surface area contributed by atoms with E-state index in [1.54, 1.807) is 12.1 Å². The predicted octanol–water partition coefficient (Wildman–Crippen LogP) is 3.20. The molecule has 0 fully saturated rings. The summed E-state index contributed by atoms with van der Waals surface area (Å²) >= 11 is 1.17. The van der Waals surface area contributed by atoms with Gasteiger partial charge >= 0.3 is 0 Å². The van der Waals surface area contributed by atoms with Gasteiger partial charge in [-0.15, -0.1) is 11.3 Å². The first kappa shape index (κ1) is 18.6. The maximum Gasteiger partial charge on any atom is 0.250 e. The largest absolute Gasteiger partial charge is 0.351 e. The number of carbonyl (C=O) groups is 1. The molecule has 1 aromatic carbocycles. The fourth-order valence-corrected chi connectivity index (χ4v) is 4.89. The van der Waals surface area contributed by atoms with Crippen LogP contribution >= 0.6 is 11.3 Å². The fraction of sp³-hybridized carbons (Fsp3) is 0.353. The number of rotatable bonds is 8. The van der Waals surface area contributed by atoms with Crippen LogP contribution in [0.1, 0.15) is 43.2 Å². The van der Waals surface area contributed by atoms with Gasteiger partial charge in [0.15, 0.2) is 0 Å². The van der Waals surface area contributed by atoms with Gasteiger partial charge in [0.2, 0.25) is 5.91 Å². The molecule has 0 bridgehead atoms. The minimum atomic E-state index is -3.59. The van der Waals surface area contributed by atoms with E-state index in [1.807, 2.05) is 37.3 Å². The van der Waals surface area contributed by atoms with Gasteiger partial charge in [0.05, 0.1) is 6.54 Å². The van der Waals surface area contributed by atoms with E-state index in [0.717, 1.165) is 23.3 Å². The molecule has 1 atom stereocenters. The standard InChI is InChI=1S/C17H22N2O3S2/c1-3-7-16(14-8-5-4-6-9-14)19-24(21,22)17-11-10-15(23-17)12-18-13(2)20/h4-6,8-11,16,19H,3,7,12H2,1-2H3,(H,18,20)/t16-/m0/s1. The van der Waals surface area contributed by atoms with Gasteiger partial charge in [0.25, 0.3) is 10.0 Å². The summed E-state index contributed by atoms with van der Waals surface area (Å²) in [4.78, 5) is 11.8. The molecule has 0 saturated heterocycles. The van der Waals surface area contributed by atoms with E-state index in [1.165, 1.54) is 18.3 Å². The van der Waals surface area contributed by atoms with Gasteiger partial charge in [-0.05, 0) is 24.1 Å². The van der Waals surface area contributed by atoms with Crippen molar-refractivity contribution in [3.8, 4) is 0 Å². The van der Waals surface area contributed by atoms with Crippen LogP contribution in [0.2, 0.25) is 0 Å². The first-order valence-corrected chi connectivity index (χ1v) is 10.1. The molecular weight excluding hydrogens is 344 g/mol. The van der Waals surface area contributed by atoms with Crippen molar-refractivity contribution >= 4 is 27.3 Å². The molecule has 5 nitrogen and oxygen atoms in total. The lowest BCUT2D eigenvalue weighted by molar-refractivity contribution is -0.119. The third-order valence-corrected chi connectivity index (χ3v) is 6.54. The van der Waals surface area contributed by atoms with Crippen LogP contribution in [-0.4, -0.2) is 14.3 Å². The van der Waals surface area contributed by atoms with Crippen molar-refractivity contribution in [1.82, 2.24) is 10.0 Å². The average molecular weight is 367 g/mol. The molecular formula is C17H22N2O3S2. The zero-order valence-corrected chi connectivity index (χ0v) is 15.4. The number of sulfonamides is 1. The van der Waals surface area contributed by atoms with E-state index in [2.05, 4.69) is 10.0 Å². The Labute approximate surface area is 147 Å². The Morgan fingerprint density at radius 3 is 2.50 bits per heavy atom. The fourth-order valence-electron chi connectivity index (χ4n) is 2.32. The van der Waals surface area contributed by atoms with Gasteiger partial charge in [0.1, 0.15) is 4.21 Å². The quantitative estimate of drug-likeness (QED) is 0.753. The molecule has 0 aliphatic carbocycles. The summed E-state index contributed by atoms with van der Waals surface area (Å²) in [5, 5.41) is 2.67. The molecule has 2 aromatic rings. The topological polar surface area (TPSA) is 75.3 Å². The molecule has 0 unspecified atom stereocenters. The first-order chi connectivity index (χ1) is 11.4. The summed E-state index contributed by atoms with van der Waals surface area (Å²) < 4.78 is 28.4. The van der Waals surface area contributed by atoms with E-state index in [9.17, 15) is 13.2 Å². The number of carbonyl (C=O) groups excluding carboxylic acids is 1. The number of nitrogens with one attached hydrogen (secondary N) is 2. The summed E-state index contributed by atoms with van der Waals surface area (Å²) in [7, 11) is -3.59. The van der Waals surface area contributed by atoms with Crippen LogP contribution in [0.25, 0.3) is 0 Å². The molecule has 0 spiro atoms. The Hall–Kier alpha value is -1.70. The van der Waals surface area contributed by atoms with Crippen molar-refractivity contribution in [2.75, 3.05) is 0 Å². The SMILES string of the molecule is CCC[C@H](NS(=O)(=O)c1ccc(CNC(C)=O)s1)c1ccccc1. The molecule has 130 valence electrons. The lowest BCUT2D eigenvalue weighted by Gasteiger charge is -2.18. The van der Waals surface area contributed by atoms with E-state index < -0.39 is 10.0 Å². The lowest BCUT2D eigenvalue weighted by atomic mass is 10.0. The zero-order valence-electron chi connectivity index (χ0n) is 13.8. The van der Waals surface area contributed by atoms with Gasteiger partial charge in [-0.3, -0.25) is 4.79 Å². The highest BCUT2D eigenvalue weighted by molar-refractivity contribution is 7.91. The average Bonchev–Trinajstić information content (AvgIpc) is 3.03. The van der Waals surface area contributed by atoms with Crippen LogP contribution in [0.15, 0.2) is 46.7 Å². The van der Waals surface area contributed by atoms with Crippen LogP contribution in [0, 0.1) is 0 Å². The van der Waals surface area contributed by atoms with Crippen molar-refractivity contribution in [2.45, 2.75) is 43.5 Å². The van der Waals surface area contributed by atoms with Crippen LogP contribution in [0.3, 0.4) is 0 Å². The van der Waals surface area contributed by atoms with Gasteiger partial charge in [-0.2, -0.15) is 0 Å². The molecule has 7 heteroatoms. The second-order valence-electron chi connectivity index (χ2n) is 5.50.